The van der Waals surface area contributed by atoms with Gasteiger partial charge in [0.15, 0.2) is 17.6 Å². The summed E-state index contributed by atoms with van der Waals surface area (Å²) in [5.74, 6) is 1.82. The van der Waals surface area contributed by atoms with Crippen molar-refractivity contribution in [2.75, 3.05) is 20.3 Å². The molecule has 0 fully saturated rings. The zero-order chi connectivity index (χ0) is 21.5. The average Bonchev–Trinajstić information content (AvgIpc) is 3.21. The van der Waals surface area contributed by atoms with Crippen LogP contribution in [0.4, 0.5) is 4.79 Å². The van der Waals surface area contributed by atoms with Crippen molar-refractivity contribution in [3.8, 4) is 27.8 Å². The zero-order valence-electron chi connectivity index (χ0n) is 16.1. The minimum absolute atomic E-state index is 0.0113. The highest BCUT2D eigenvalue weighted by atomic mass is 35.5. The maximum Gasteiger partial charge on any atom is 0.403 e. The van der Waals surface area contributed by atoms with E-state index in [1.807, 2.05) is 24.3 Å². The number of methoxy groups -OCH3 is 1. The van der Waals surface area contributed by atoms with Gasteiger partial charge in [0.05, 0.1) is 24.3 Å². The summed E-state index contributed by atoms with van der Waals surface area (Å²) < 4.78 is 22.7. The molecule has 0 N–H and O–H groups in total. The summed E-state index contributed by atoms with van der Waals surface area (Å²) >= 11 is 13.1. The number of nitrogens with zero attached hydrogens (tertiary/aromatic N) is 2. The molecule has 0 saturated heterocycles. The van der Waals surface area contributed by atoms with Crippen LogP contribution in [0, 0.1) is 0 Å². The van der Waals surface area contributed by atoms with E-state index in [1.54, 1.807) is 19.4 Å². The molecule has 2 aromatic carbocycles. The van der Waals surface area contributed by atoms with E-state index in [0.29, 0.717) is 22.3 Å². The first kappa shape index (κ1) is 20.1. The molecule has 0 aliphatic carbocycles. The van der Waals surface area contributed by atoms with E-state index in [4.69, 9.17) is 47.1 Å². The number of halogens is 2. The van der Waals surface area contributed by atoms with Crippen molar-refractivity contribution >= 4 is 61.1 Å². The van der Waals surface area contributed by atoms with Crippen molar-refractivity contribution in [3.63, 3.8) is 0 Å². The van der Waals surface area contributed by atoms with Gasteiger partial charge in [0.1, 0.15) is 28.7 Å². The third-order valence-corrected chi connectivity index (χ3v) is 6.19. The zero-order valence-corrected chi connectivity index (χ0v) is 18.4. The quantitative estimate of drug-likeness (QED) is 0.350. The third-order valence-electron chi connectivity index (χ3n) is 4.75. The van der Waals surface area contributed by atoms with Crippen LogP contribution in [0.25, 0.3) is 31.7 Å². The van der Waals surface area contributed by atoms with E-state index in [0.717, 1.165) is 31.7 Å². The Morgan fingerprint density at radius 2 is 2.19 bits per heavy atom. The van der Waals surface area contributed by atoms with E-state index >= 15 is 0 Å². The van der Waals surface area contributed by atoms with Gasteiger partial charge in [-0.15, -0.1) is 11.3 Å². The Balaban J connectivity index is 1.55. The highest BCUT2D eigenvalue weighted by Crippen LogP contribution is 2.45. The summed E-state index contributed by atoms with van der Waals surface area (Å²) in [6.45, 7) is 0.238. The van der Waals surface area contributed by atoms with Gasteiger partial charge in [-0.05, 0) is 30.3 Å². The Labute approximate surface area is 190 Å². The lowest BCUT2D eigenvalue weighted by molar-refractivity contribution is 0.0413. The van der Waals surface area contributed by atoms with Crippen LogP contribution < -0.4 is 14.2 Å². The summed E-state index contributed by atoms with van der Waals surface area (Å²) in [4.78, 5) is 20.1. The van der Waals surface area contributed by atoms with Crippen LogP contribution in [0.3, 0.4) is 0 Å². The monoisotopic (exact) mass is 476 g/mol. The average molecular weight is 477 g/mol. The first-order valence-corrected chi connectivity index (χ1v) is 10.8. The first-order valence-electron chi connectivity index (χ1n) is 9.21. The number of ether oxygens (including phenoxy) is 4. The molecule has 3 heterocycles. The highest BCUT2D eigenvalue weighted by molar-refractivity contribution is 7.22. The van der Waals surface area contributed by atoms with Crippen molar-refractivity contribution in [3.05, 3.63) is 41.6 Å². The Morgan fingerprint density at radius 3 is 3.00 bits per heavy atom. The summed E-state index contributed by atoms with van der Waals surface area (Å²) in [6, 6.07) is 9.22. The molecule has 31 heavy (non-hydrogen) atoms. The maximum absolute atomic E-state index is 10.8. The molecule has 0 unspecified atom stereocenters. The van der Waals surface area contributed by atoms with Crippen LogP contribution in [0.15, 0.2) is 36.5 Å². The molecule has 1 aliphatic rings. The van der Waals surface area contributed by atoms with Gasteiger partial charge in [-0.1, -0.05) is 11.6 Å². The molecule has 1 atom stereocenters. The standard InChI is InChI=1S/C21H14Cl2N2O5S/c1-27-12-5-10-4-11(22)6-14(17(10)24-7-12)20-25-15-2-3-16-18(19(15)31-20)28-8-13(30-16)9-29-21(23)26/h2-7,13H,8-9H2,1H3/t13-/m1/s1. The Kier molecular flexibility index (Phi) is 5.21. The lowest BCUT2D eigenvalue weighted by atomic mass is 10.1. The second-order valence-corrected chi connectivity index (χ2v) is 8.50. The molecule has 5 rings (SSSR count). The van der Waals surface area contributed by atoms with E-state index in [2.05, 4.69) is 4.98 Å². The number of hydrogen-bond donors (Lipinski definition) is 0. The molecular formula is C21H14Cl2N2O5S. The number of carbonyl (C=O) groups is 1. The fraction of sp³-hybridized carbons (Fsp3) is 0.190. The molecule has 4 aromatic rings. The summed E-state index contributed by atoms with van der Waals surface area (Å²) in [6.07, 6.45) is 1.23. The number of rotatable bonds is 4. The third kappa shape index (κ3) is 3.82. The van der Waals surface area contributed by atoms with Gasteiger partial charge in [0, 0.05) is 27.6 Å². The fourth-order valence-electron chi connectivity index (χ4n) is 3.39. The lowest BCUT2D eigenvalue weighted by Crippen LogP contribution is -2.33. The Hall–Kier alpha value is -2.81. The van der Waals surface area contributed by atoms with Crippen LogP contribution in [-0.4, -0.2) is 41.8 Å². The smallest absolute Gasteiger partial charge is 0.403 e. The number of pyridine rings is 1. The Bertz CT molecular complexity index is 1330. The van der Waals surface area contributed by atoms with Crippen molar-refractivity contribution in [1.82, 2.24) is 9.97 Å². The Morgan fingerprint density at radius 1 is 1.32 bits per heavy atom. The van der Waals surface area contributed by atoms with E-state index < -0.39 is 11.5 Å². The minimum Gasteiger partial charge on any atom is -0.495 e. The summed E-state index contributed by atoms with van der Waals surface area (Å²) in [7, 11) is 1.59. The van der Waals surface area contributed by atoms with Crippen molar-refractivity contribution in [2.24, 2.45) is 0 Å². The summed E-state index contributed by atoms with van der Waals surface area (Å²) in [5, 5.41) is 2.20. The number of thiazole rings is 1. The topological polar surface area (TPSA) is 79.8 Å². The van der Waals surface area contributed by atoms with Crippen LogP contribution in [0.5, 0.6) is 17.2 Å². The molecular weight excluding hydrogens is 463 g/mol. The van der Waals surface area contributed by atoms with Gasteiger partial charge in [0.2, 0.25) is 0 Å². The number of aromatic nitrogens is 2. The predicted molar refractivity (Wildman–Crippen MR) is 119 cm³/mol. The molecule has 158 valence electrons. The van der Waals surface area contributed by atoms with E-state index in [-0.39, 0.29) is 13.2 Å². The second kappa shape index (κ2) is 8.03. The molecule has 0 amide bonds. The van der Waals surface area contributed by atoms with Gasteiger partial charge in [0.25, 0.3) is 0 Å². The SMILES string of the molecule is COc1cnc2c(-c3nc4ccc5c(c4s3)OC[C@H](COC(=O)Cl)O5)cc(Cl)cc2c1. The first-order chi connectivity index (χ1) is 15.0. The highest BCUT2D eigenvalue weighted by Gasteiger charge is 2.26. The normalized spacial score (nSPS) is 15.3. The predicted octanol–water partition coefficient (Wildman–Crippen LogP) is 5.69. The van der Waals surface area contributed by atoms with E-state index in [1.165, 1.54) is 11.3 Å². The van der Waals surface area contributed by atoms with Crippen molar-refractivity contribution in [2.45, 2.75) is 6.10 Å². The van der Waals surface area contributed by atoms with Gasteiger partial charge < -0.3 is 18.9 Å². The molecule has 7 nitrogen and oxygen atoms in total. The number of benzene rings is 2. The van der Waals surface area contributed by atoms with Crippen LogP contribution in [-0.2, 0) is 4.74 Å². The molecule has 2 aromatic heterocycles. The second-order valence-electron chi connectivity index (χ2n) is 6.76. The van der Waals surface area contributed by atoms with Gasteiger partial charge >= 0.3 is 5.43 Å². The fourth-order valence-corrected chi connectivity index (χ4v) is 4.76. The van der Waals surface area contributed by atoms with Gasteiger partial charge in [-0.3, -0.25) is 4.98 Å². The van der Waals surface area contributed by atoms with Crippen LogP contribution in [0.1, 0.15) is 0 Å². The minimum atomic E-state index is -0.878. The number of fused-ring (bicyclic) bond motifs is 4. The number of hydrogen-bond acceptors (Lipinski definition) is 8. The molecule has 10 heteroatoms. The number of carbonyl (C=O) groups excluding carboxylic acids is 1. The van der Waals surface area contributed by atoms with Crippen molar-refractivity contribution in [1.29, 1.82) is 0 Å². The largest absolute Gasteiger partial charge is 0.495 e. The molecule has 0 spiro atoms. The lowest BCUT2D eigenvalue weighted by Gasteiger charge is -2.26. The van der Waals surface area contributed by atoms with Gasteiger partial charge in [-0.25, -0.2) is 9.78 Å². The summed E-state index contributed by atoms with van der Waals surface area (Å²) in [5.41, 5.74) is 1.49. The van der Waals surface area contributed by atoms with Crippen LogP contribution in [0.2, 0.25) is 5.02 Å². The molecule has 0 bridgehead atoms. The molecule has 0 radical (unpaired) electrons. The van der Waals surface area contributed by atoms with Crippen molar-refractivity contribution < 1.29 is 23.7 Å². The van der Waals surface area contributed by atoms with Gasteiger partial charge in [-0.2, -0.15) is 0 Å². The maximum atomic E-state index is 10.8. The van der Waals surface area contributed by atoms with Crippen LogP contribution >= 0.6 is 34.5 Å². The van der Waals surface area contributed by atoms with E-state index in [9.17, 15) is 4.79 Å². The molecule has 1 aliphatic heterocycles. The molecule has 0 saturated carbocycles.